The zero-order valence-corrected chi connectivity index (χ0v) is 12.6. The third-order valence-corrected chi connectivity index (χ3v) is 4.15. The van der Waals surface area contributed by atoms with Crippen molar-refractivity contribution >= 4 is 29.0 Å². The highest BCUT2D eigenvalue weighted by Crippen LogP contribution is 2.25. The average molecular weight is 289 g/mol. The summed E-state index contributed by atoms with van der Waals surface area (Å²) in [6.07, 6.45) is 0.842. The van der Waals surface area contributed by atoms with Crippen LogP contribution in [0.4, 0.5) is 0 Å². The fourth-order valence-electron chi connectivity index (χ4n) is 1.20. The maximum atomic E-state index is 11.8. The van der Waals surface area contributed by atoms with Crippen LogP contribution in [0.5, 0.6) is 0 Å². The Hall–Kier alpha value is -0.660. The first-order valence-corrected chi connectivity index (χ1v) is 7.65. The van der Waals surface area contributed by atoms with E-state index in [0.29, 0.717) is 13.2 Å². The molecule has 0 saturated heterocycles. The van der Waals surface area contributed by atoms with E-state index in [-0.39, 0.29) is 11.2 Å². The van der Waals surface area contributed by atoms with Crippen LogP contribution in [0.15, 0.2) is 4.34 Å². The van der Waals surface area contributed by atoms with Crippen LogP contribution in [0.1, 0.15) is 25.3 Å². The quantitative estimate of drug-likeness (QED) is 0.584. The van der Waals surface area contributed by atoms with E-state index < -0.39 is 0 Å². The molecule has 0 aliphatic carbocycles. The van der Waals surface area contributed by atoms with E-state index in [2.05, 4.69) is 15.5 Å². The number of carbonyl (C=O) groups excluding carboxylic acids is 1. The van der Waals surface area contributed by atoms with E-state index in [1.165, 1.54) is 23.1 Å². The molecule has 0 spiro atoms. The van der Waals surface area contributed by atoms with Gasteiger partial charge in [0.2, 0.25) is 5.91 Å². The smallest absolute Gasteiger partial charge is 0.233 e. The molecule has 5 nitrogen and oxygen atoms in total. The molecule has 7 heteroatoms. The molecule has 102 valence electrons. The second kappa shape index (κ2) is 8.44. The third-order valence-electron chi connectivity index (χ3n) is 2.12. The van der Waals surface area contributed by atoms with Gasteiger partial charge in [-0.3, -0.25) is 4.79 Å². The summed E-state index contributed by atoms with van der Waals surface area (Å²) in [5, 5.41) is 11.6. The Labute approximate surface area is 116 Å². The lowest BCUT2D eigenvalue weighted by Gasteiger charge is -2.10. The topological polar surface area (TPSA) is 64.1 Å². The second-order valence-electron chi connectivity index (χ2n) is 3.69. The summed E-state index contributed by atoms with van der Waals surface area (Å²) in [6, 6.07) is 0. The first-order chi connectivity index (χ1) is 8.63. The van der Waals surface area contributed by atoms with Crippen molar-refractivity contribution in [1.82, 2.24) is 15.5 Å². The normalized spacial score (nSPS) is 12.4. The van der Waals surface area contributed by atoms with Gasteiger partial charge >= 0.3 is 0 Å². The van der Waals surface area contributed by atoms with Crippen LogP contribution >= 0.6 is 23.1 Å². The number of ether oxygens (including phenoxy) is 1. The highest BCUT2D eigenvalue weighted by molar-refractivity contribution is 8.02. The number of aryl methyl sites for hydroxylation is 1. The molecule has 0 fully saturated rings. The molecule has 1 aromatic rings. The van der Waals surface area contributed by atoms with Crippen LogP contribution in [0.3, 0.4) is 0 Å². The number of aromatic nitrogens is 2. The standard InChI is InChI=1S/C11H19N3O2S2/c1-4-16-7-5-6-12-10(15)8(2)17-11-14-13-9(3)18-11/h8H,4-7H2,1-3H3,(H,12,15). The summed E-state index contributed by atoms with van der Waals surface area (Å²) >= 11 is 2.95. The first-order valence-electron chi connectivity index (χ1n) is 5.95. The van der Waals surface area contributed by atoms with Gasteiger partial charge in [-0.2, -0.15) is 0 Å². The Morgan fingerprint density at radius 2 is 2.33 bits per heavy atom. The molecule has 1 atom stereocenters. The molecular weight excluding hydrogens is 270 g/mol. The van der Waals surface area contributed by atoms with Crippen molar-refractivity contribution in [3.8, 4) is 0 Å². The van der Waals surface area contributed by atoms with Gasteiger partial charge in [0.25, 0.3) is 0 Å². The van der Waals surface area contributed by atoms with Crippen LogP contribution in [-0.4, -0.2) is 41.1 Å². The molecule has 1 N–H and O–H groups in total. The highest BCUT2D eigenvalue weighted by Gasteiger charge is 2.15. The van der Waals surface area contributed by atoms with Gasteiger partial charge in [0.15, 0.2) is 4.34 Å². The van der Waals surface area contributed by atoms with Gasteiger partial charge in [-0.1, -0.05) is 23.1 Å². The second-order valence-corrected chi connectivity index (χ2v) is 6.46. The van der Waals surface area contributed by atoms with E-state index >= 15 is 0 Å². The van der Waals surface area contributed by atoms with E-state index in [4.69, 9.17) is 4.74 Å². The summed E-state index contributed by atoms with van der Waals surface area (Å²) in [5.74, 6) is 0.0318. The van der Waals surface area contributed by atoms with Crippen LogP contribution in [0.25, 0.3) is 0 Å². The predicted molar refractivity (Wildman–Crippen MR) is 74.1 cm³/mol. The first kappa shape index (κ1) is 15.4. The lowest BCUT2D eigenvalue weighted by atomic mass is 10.4. The van der Waals surface area contributed by atoms with Gasteiger partial charge in [-0.25, -0.2) is 0 Å². The molecule has 1 rings (SSSR count). The average Bonchev–Trinajstić information content (AvgIpc) is 2.74. The number of hydrogen-bond donors (Lipinski definition) is 1. The number of nitrogens with zero attached hydrogens (tertiary/aromatic N) is 2. The highest BCUT2D eigenvalue weighted by atomic mass is 32.2. The van der Waals surface area contributed by atoms with E-state index in [1.807, 2.05) is 20.8 Å². The van der Waals surface area contributed by atoms with Gasteiger partial charge < -0.3 is 10.1 Å². The molecule has 1 amide bonds. The van der Waals surface area contributed by atoms with Gasteiger partial charge in [0.1, 0.15) is 5.01 Å². The van der Waals surface area contributed by atoms with Crippen molar-refractivity contribution in [3.63, 3.8) is 0 Å². The van der Waals surface area contributed by atoms with Crippen molar-refractivity contribution < 1.29 is 9.53 Å². The minimum atomic E-state index is -0.149. The third kappa shape index (κ3) is 5.79. The summed E-state index contributed by atoms with van der Waals surface area (Å²) in [4.78, 5) is 11.8. The molecule has 0 radical (unpaired) electrons. The molecule has 0 aromatic carbocycles. The molecule has 1 aromatic heterocycles. The minimum Gasteiger partial charge on any atom is -0.382 e. The molecular formula is C11H19N3O2S2. The fraction of sp³-hybridized carbons (Fsp3) is 0.727. The SMILES string of the molecule is CCOCCCNC(=O)C(C)Sc1nnc(C)s1. The largest absolute Gasteiger partial charge is 0.382 e. The fourth-order valence-corrected chi connectivity index (χ4v) is 3.19. The van der Waals surface area contributed by atoms with Crippen LogP contribution < -0.4 is 5.32 Å². The lowest BCUT2D eigenvalue weighted by Crippen LogP contribution is -2.32. The van der Waals surface area contributed by atoms with Gasteiger partial charge in [0, 0.05) is 19.8 Å². The summed E-state index contributed by atoms with van der Waals surface area (Å²) < 4.78 is 6.04. The number of amides is 1. The Balaban J connectivity index is 2.20. The Morgan fingerprint density at radius 1 is 1.56 bits per heavy atom. The molecule has 0 aliphatic rings. The number of hydrogen-bond acceptors (Lipinski definition) is 6. The maximum Gasteiger partial charge on any atom is 0.233 e. The zero-order valence-electron chi connectivity index (χ0n) is 10.9. The molecule has 18 heavy (non-hydrogen) atoms. The summed E-state index contributed by atoms with van der Waals surface area (Å²) in [6.45, 7) is 7.80. The van der Waals surface area contributed by atoms with Crippen molar-refractivity contribution in [3.05, 3.63) is 5.01 Å². The summed E-state index contributed by atoms with van der Waals surface area (Å²) in [7, 11) is 0. The van der Waals surface area contributed by atoms with Gasteiger partial charge in [-0.05, 0) is 27.2 Å². The van der Waals surface area contributed by atoms with E-state index in [1.54, 1.807) is 0 Å². The van der Waals surface area contributed by atoms with Crippen LogP contribution in [0, 0.1) is 6.92 Å². The number of nitrogens with one attached hydrogen (secondary N) is 1. The predicted octanol–water partition coefficient (Wildman–Crippen LogP) is 1.87. The van der Waals surface area contributed by atoms with Crippen LogP contribution in [-0.2, 0) is 9.53 Å². The van der Waals surface area contributed by atoms with Crippen molar-refractivity contribution in [1.29, 1.82) is 0 Å². The number of thioether (sulfide) groups is 1. The number of rotatable bonds is 8. The van der Waals surface area contributed by atoms with Crippen molar-refractivity contribution in [2.75, 3.05) is 19.8 Å². The number of carbonyl (C=O) groups is 1. The van der Waals surface area contributed by atoms with E-state index in [0.717, 1.165) is 22.4 Å². The van der Waals surface area contributed by atoms with E-state index in [9.17, 15) is 4.79 Å². The van der Waals surface area contributed by atoms with Crippen LogP contribution in [0.2, 0.25) is 0 Å². The van der Waals surface area contributed by atoms with Crippen molar-refractivity contribution in [2.24, 2.45) is 0 Å². The molecule has 0 bridgehead atoms. The molecule has 1 unspecified atom stereocenters. The Kier molecular flexibility index (Phi) is 7.22. The Bertz CT molecular complexity index is 371. The zero-order chi connectivity index (χ0) is 13.4. The molecule has 1 heterocycles. The van der Waals surface area contributed by atoms with Gasteiger partial charge in [0.05, 0.1) is 5.25 Å². The minimum absolute atomic E-state index is 0.0318. The lowest BCUT2D eigenvalue weighted by molar-refractivity contribution is -0.120. The molecule has 0 aliphatic heterocycles. The maximum absolute atomic E-state index is 11.8. The van der Waals surface area contributed by atoms with Crippen molar-refractivity contribution in [2.45, 2.75) is 36.8 Å². The monoisotopic (exact) mass is 289 g/mol. The molecule has 0 saturated carbocycles. The summed E-state index contributed by atoms with van der Waals surface area (Å²) in [5.41, 5.74) is 0. The van der Waals surface area contributed by atoms with Gasteiger partial charge in [-0.15, -0.1) is 10.2 Å². The Morgan fingerprint density at radius 3 is 2.94 bits per heavy atom.